The molecule has 6 rings (SSSR count). The number of fused-ring (bicyclic) bond motifs is 2. The predicted molar refractivity (Wildman–Crippen MR) is 169 cm³/mol. The molecule has 4 N–H and O–H groups in total. The van der Waals surface area contributed by atoms with E-state index in [1.165, 1.54) is 34.6 Å². The molecule has 3 fully saturated rings. The number of amides is 1. The lowest BCUT2D eigenvalue weighted by atomic mass is 9.79. The molecule has 240 valence electrons. The van der Waals surface area contributed by atoms with Gasteiger partial charge < -0.3 is 34.6 Å². The van der Waals surface area contributed by atoms with E-state index in [0.29, 0.717) is 59.0 Å². The first-order chi connectivity index (χ1) is 21.4. The first kappa shape index (κ1) is 31.4. The lowest BCUT2D eigenvalue weighted by molar-refractivity contribution is -0.163. The molecule has 4 atom stereocenters. The highest BCUT2D eigenvalue weighted by atomic mass is 32.2. The van der Waals surface area contributed by atoms with Gasteiger partial charge in [0.05, 0.1) is 29.3 Å². The number of rotatable bonds is 9. The van der Waals surface area contributed by atoms with E-state index >= 15 is 4.39 Å². The third-order valence-electron chi connectivity index (χ3n) is 9.07. The molecule has 1 amide bonds. The van der Waals surface area contributed by atoms with Crippen LogP contribution in [0.2, 0.25) is 0 Å². The number of anilines is 1. The van der Waals surface area contributed by atoms with Gasteiger partial charge in [-0.3, -0.25) is 15.0 Å². The predicted octanol–water partition coefficient (Wildman–Crippen LogP) is 2.85. The molecule has 1 aliphatic carbocycles. The molecule has 1 saturated carbocycles. The number of hydrogen-bond acceptors (Lipinski definition) is 9. The molecule has 1 aromatic carbocycles. The molecule has 2 saturated heterocycles. The van der Waals surface area contributed by atoms with Crippen LogP contribution in [-0.2, 0) is 9.59 Å². The second kappa shape index (κ2) is 12.0. The number of piperazine rings is 1. The number of aliphatic carboxylic acids is 1. The van der Waals surface area contributed by atoms with Crippen molar-refractivity contribution in [3.8, 4) is 0 Å². The Morgan fingerprint density at radius 1 is 1.09 bits per heavy atom. The van der Waals surface area contributed by atoms with E-state index in [-0.39, 0.29) is 40.6 Å². The molecule has 4 heterocycles. The fourth-order valence-corrected chi connectivity index (χ4v) is 8.82. The van der Waals surface area contributed by atoms with Crippen molar-refractivity contribution in [2.24, 2.45) is 11.8 Å². The molecule has 4 unspecified atom stereocenters. The number of aromatic nitrogens is 1. The van der Waals surface area contributed by atoms with E-state index < -0.39 is 35.2 Å². The standard InChI is InChI=1S/C30H34FN5O7S2/c1-14-23-22(15(2)37)27(39)36(23)24(29(42)43)26(14)44-9-10-45-30(32)34-7-5-33(6-8-34)21-12-20-17(11-19(21)31)25(38)18(28(40)41)13-35(20)16-3-4-16/h11-16,22-23,32,37H,3-10H2,1-2H3,(H,40,41)(H,42,43). The SMILES string of the molecule is CC(O)C1C(=O)N2C(C(=O)O)=C(SCCSC(=N)N3CCN(c4cc5c(cc4F)c(=O)c(C(=O)O)cn5C4CC4)CC3)C(C)C12. The monoisotopic (exact) mass is 659 g/mol. The highest BCUT2D eigenvalue weighted by molar-refractivity contribution is 8.14. The van der Waals surface area contributed by atoms with Crippen molar-refractivity contribution in [3.63, 3.8) is 0 Å². The maximum absolute atomic E-state index is 15.3. The number of amidine groups is 1. The number of aliphatic hydroxyl groups is 1. The topological polar surface area (TPSA) is 167 Å². The number of carbonyl (C=O) groups is 3. The zero-order valence-electron chi connectivity index (χ0n) is 24.7. The van der Waals surface area contributed by atoms with Crippen LogP contribution in [-0.4, -0.2) is 103 Å². The number of carbonyl (C=O) groups excluding carboxylic acids is 1. The number of thioether (sulfide) groups is 2. The Morgan fingerprint density at radius 2 is 1.78 bits per heavy atom. The van der Waals surface area contributed by atoms with Crippen LogP contribution in [0.25, 0.3) is 10.9 Å². The number of hydrogen-bond donors (Lipinski definition) is 4. The number of pyridine rings is 1. The average Bonchev–Trinajstić information content (AvgIpc) is 3.80. The summed E-state index contributed by atoms with van der Waals surface area (Å²) >= 11 is 2.71. The van der Waals surface area contributed by atoms with Crippen molar-refractivity contribution < 1.29 is 34.1 Å². The van der Waals surface area contributed by atoms with Crippen LogP contribution in [0.5, 0.6) is 0 Å². The average molecular weight is 660 g/mol. The maximum Gasteiger partial charge on any atom is 0.353 e. The molecule has 4 aliphatic rings. The third-order valence-corrected chi connectivity index (χ3v) is 11.6. The molecule has 3 aliphatic heterocycles. The van der Waals surface area contributed by atoms with Gasteiger partial charge in [0.2, 0.25) is 11.3 Å². The first-order valence-electron chi connectivity index (χ1n) is 14.8. The minimum Gasteiger partial charge on any atom is -0.477 e. The summed E-state index contributed by atoms with van der Waals surface area (Å²) in [5, 5.41) is 38.3. The van der Waals surface area contributed by atoms with Crippen LogP contribution in [0.1, 0.15) is 43.1 Å². The molecule has 2 aromatic rings. The molecule has 12 nitrogen and oxygen atoms in total. The second-order valence-electron chi connectivity index (χ2n) is 11.9. The number of halogens is 1. The number of aliphatic hydroxyl groups excluding tert-OH is 1. The van der Waals surface area contributed by atoms with Gasteiger partial charge in [0.1, 0.15) is 17.1 Å². The largest absolute Gasteiger partial charge is 0.477 e. The van der Waals surface area contributed by atoms with Gasteiger partial charge in [0.15, 0.2) is 5.17 Å². The summed E-state index contributed by atoms with van der Waals surface area (Å²) in [4.78, 5) is 54.6. The van der Waals surface area contributed by atoms with Crippen LogP contribution in [0.4, 0.5) is 10.1 Å². The molecular weight excluding hydrogens is 625 g/mol. The van der Waals surface area contributed by atoms with Crippen molar-refractivity contribution in [3.05, 3.63) is 50.5 Å². The van der Waals surface area contributed by atoms with Crippen LogP contribution >= 0.6 is 23.5 Å². The van der Waals surface area contributed by atoms with E-state index in [1.807, 2.05) is 16.7 Å². The molecule has 0 spiro atoms. The maximum atomic E-state index is 15.3. The fraction of sp³-hybridized carbons (Fsp3) is 0.500. The Bertz CT molecular complexity index is 1700. The lowest BCUT2D eigenvalue weighted by Crippen LogP contribution is -2.63. The summed E-state index contributed by atoms with van der Waals surface area (Å²) in [6.07, 6.45) is 2.23. The summed E-state index contributed by atoms with van der Waals surface area (Å²) in [6, 6.07) is 2.49. The molecular formula is C30H34FN5O7S2. The van der Waals surface area contributed by atoms with Gasteiger partial charge in [0.25, 0.3) is 0 Å². The van der Waals surface area contributed by atoms with Gasteiger partial charge in [-0.25, -0.2) is 14.0 Å². The van der Waals surface area contributed by atoms with Crippen LogP contribution < -0.4 is 10.3 Å². The summed E-state index contributed by atoms with van der Waals surface area (Å²) in [7, 11) is 0. The highest BCUT2D eigenvalue weighted by Gasteiger charge is 2.59. The quantitative estimate of drug-likeness (QED) is 0.135. The Labute approximate surface area is 266 Å². The number of nitrogens with zero attached hydrogens (tertiary/aromatic N) is 4. The molecule has 15 heteroatoms. The van der Waals surface area contributed by atoms with Crippen molar-refractivity contribution in [2.45, 2.75) is 44.9 Å². The first-order valence-corrected chi connectivity index (χ1v) is 16.8. The van der Waals surface area contributed by atoms with Gasteiger partial charge >= 0.3 is 11.9 Å². The van der Waals surface area contributed by atoms with Crippen LogP contribution in [0.3, 0.4) is 0 Å². The Kier molecular flexibility index (Phi) is 8.37. The van der Waals surface area contributed by atoms with E-state index in [1.54, 1.807) is 17.6 Å². The number of β-lactam (4-membered cyclic amide) rings is 1. The highest BCUT2D eigenvalue weighted by Crippen LogP contribution is 2.50. The summed E-state index contributed by atoms with van der Waals surface area (Å²) < 4.78 is 17.1. The fourth-order valence-electron chi connectivity index (χ4n) is 6.66. The Morgan fingerprint density at radius 3 is 2.38 bits per heavy atom. The summed E-state index contributed by atoms with van der Waals surface area (Å²) in [5.74, 6) is -3.19. The van der Waals surface area contributed by atoms with Gasteiger partial charge in [-0.2, -0.15) is 0 Å². The zero-order valence-corrected chi connectivity index (χ0v) is 26.4. The Balaban J connectivity index is 1.06. The second-order valence-corrected chi connectivity index (χ2v) is 14.1. The van der Waals surface area contributed by atoms with Crippen molar-refractivity contribution in [1.29, 1.82) is 5.41 Å². The van der Waals surface area contributed by atoms with E-state index in [0.717, 1.165) is 18.9 Å². The van der Waals surface area contributed by atoms with Gasteiger partial charge in [-0.15, -0.1) is 11.8 Å². The smallest absolute Gasteiger partial charge is 0.353 e. The summed E-state index contributed by atoms with van der Waals surface area (Å²) in [6.45, 7) is 5.28. The van der Waals surface area contributed by atoms with Crippen LogP contribution in [0.15, 0.2) is 33.7 Å². The molecule has 1 aromatic heterocycles. The van der Waals surface area contributed by atoms with Gasteiger partial charge in [0, 0.05) is 66.1 Å². The Hall–Kier alpha value is -3.56. The summed E-state index contributed by atoms with van der Waals surface area (Å²) in [5.41, 5.74) is -0.225. The number of aromatic carboxylic acids is 1. The minimum atomic E-state index is -1.33. The van der Waals surface area contributed by atoms with Crippen LogP contribution in [0, 0.1) is 23.1 Å². The lowest BCUT2D eigenvalue weighted by Gasteiger charge is -2.46. The van der Waals surface area contributed by atoms with E-state index in [9.17, 15) is 34.5 Å². The molecule has 0 bridgehead atoms. The van der Waals surface area contributed by atoms with Crippen molar-refractivity contribution >= 4 is 63.1 Å². The zero-order chi connectivity index (χ0) is 32.3. The van der Waals surface area contributed by atoms with Gasteiger partial charge in [-0.05, 0) is 31.9 Å². The van der Waals surface area contributed by atoms with Crippen molar-refractivity contribution in [1.82, 2.24) is 14.4 Å². The molecule has 0 radical (unpaired) electrons. The normalized spacial score (nSPS) is 23.8. The number of carboxylic acid groups (broad SMARTS) is 2. The third kappa shape index (κ3) is 5.48. The number of nitrogens with one attached hydrogen (secondary N) is 1. The van der Waals surface area contributed by atoms with E-state index in [4.69, 9.17) is 5.41 Å². The van der Waals surface area contributed by atoms with Gasteiger partial charge in [-0.1, -0.05) is 18.7 Å². The minimum absolute atomic E-state index is 0.00651. The van der Waals surface area contributed by atoms with E-state index in [2.05, 4.69) is 0 Å². The van der Waals surface area contributed by atoms with Crippen molar-refractivity contribution in [2.75, 3.05) is 42.6 Å². The number of carboxylic acids is 2. The number of benzene rings is 1. The molecule has 45 heavy (non-hydrogen) atoms.